The monoisotopic (exact) mass is 192 g/mol. The van der Waals surface area contributed by atoms with Crippen LogP contribution in [0.5, 0.6) is 0 Å². The molecule has 1 aromatic carbocycles. The summed E-state index contributed by atoms with van der Waals surface area (Å²) in [4.78, 5) is 4.21. The molecule has 0 aliphatic carbocycles. The Balaban J connectivity index is 2.59. The number of nitrogens with two attached hydrogens (primary N) is 1. The van der Waals surface area contributed by atoms with Crippen molar-refractivity contribution in [1.82, 2.24) is 0 Å². The molecule has 14 heavy (non-hydrogen) atoms. The van der Waals surface area contributed by atoms with Crippen LogP contribution >= 0.6 is 0 Å². The number of rotatable bonds is 4. The van der Waals surface area contributed by atoms with Crippen molar-refractivity contribution in [2.24, 2.45) is 10.7 Å². The summed E-state index contributed by atoms with van der Waals surface area (Å²) in [6.07, 6.45) is 0.860. The second-order valence-corrected chi connectivity index (χ2v) is 3.19. The highest BCUT2D eigenvalue weighted by Gasteiger charge is 2.01. The molecular weight excluding hydrogens is 176 g/mol. The predicted octanol–water partition coefficient (Wildman–Crippen LogP) is 1.14. The lowest BCUT2D eigenvalue weighted by atomic mass is 10.1. The lowest BCUT2D eigenvalue weighted by molar-refractivity contribution is 0.254. The van der Waals surface area contributed by atoms with Gasteiger partial charge in [0.2, 0.25) is 0 Å². The highest BCUT2D eigenvalue weighted by Crippen LogP contribution is 2.14. The van der Waals surface area contributed by atoms with Crippen molar-refractivity contribution in [3.63, 3.8) is 0 Å². The van der Waals surface area contributed by atoms with E-state index in [9.17, 15) is 5.11 Å². The van der Waals surface area contributed by atoms with Crippen LogP contribution in [0.2, 0.25) is 0 Å². The van der Waals surface area contributed by atoms with Gasteiger partial charge in [-0.1, -0.05) is 30.3 Å². The zero-order valence-corrected chi connectivity index (χ0v) is 8.30. The SMILES string of the molecule is CC(N=CC(O)CN)c1ccccc1. The molecule has 2 atom stereocenters. The summed E-state index contributed by atoms with van der Waals surface area (Å²) in [6, 6.07) is 10.0. The normalized spacial score (nSPS) is 15.6. The molecule has 1 rings (SSSR count). The van der Waals surface area contributed by atoms with Crippen LogP contribution in [0, 0.1) is 0 Å². The van der Waals surface area contributed by atoms with E-state index in [1.54, 1.807) is 0 Å². The van der Waals surface area contributed by atoms with Crippen LogP contribution in [-0.4, -0.2) is 24.0 Å². The van der Waals surface area contributed by atoms with Crippen molar-refractivity contribution in [1.29, 1.82) is 0 Å². The van der Waals surface area contributed by atoms with Gasteiger partial charge in [-0.3, -0.25) is 4.99 Å². The number of nitrogens with zero attached hydrogens (tertiary/aromatic N) is 1. The molecule has 0 amide bonds. The fraction of sp³-hybridized carbons (Fsp3) is 0.364. The number of hydrogen-bond acceptors (Lipinski definition) is 3. The molecule has 0 aliphatic rings. The minimum atomic E-state index is -0.638. The summed E-state index contributed by atoms with van der Waals surface area (Å²) in [5, 5.41) is 9.18. The van der Waals surface area contributed by atoms with E-state index in [1.165, 1.54) is 6.21 Å². The molecule has 0 bridgehead atoms. The summed E-state index contributed by atoms with van der Waals surface area (Å²) >= 11 is 0. The number of aliphatic hydroxyl groups is 1. The first-order chi connectivity index (χ1) is 6.74. The van der Waals surface area contributed by atoms with E-state index in [0.717, 1.165) is 5.56 Å². The lowest BCUT2D eigenvalue weighted by Gasteiger charge is -2.06. The molecule has 1 aromatic rings. The Morgan fingerprint density at radius 1 is 1.43 bits per heavy atom. The first-order valence-corrected chi connectivity index (χ1v) is 4.70. The van der Waals surface area contributed by atoms with Crippen molar-refractivity contribution in [3.05, 3.63) is 35.9 Å². The van der Waals surface area contributed by atoms with Crippen molar-refractivity contribution in [2.45, 2.75) is 19.1 Å². The largest absolute Gasteiger partial charge is 0.386 e. The first-order valence-electron chi connectivity index (χ1n) is 4.70. The third-order valence-corrected chi connectivity index (χ3v) is 2.01. The van der Waals surface area contributed by atoms with Crippen molar-refractivity contribution < 1.29 is 5.11 Å². The van der Waals surface area contributed by atoms with Gasteiger partial charge in [0.1, 0.15) is 6.10 Å². The van der Waals surface area contributed by atoms with Crippen LogP contribution in [0.15, 0.2) is 35.3 Å². The second kappa shape index (κ2) is 5.52. The van der Waals surface area contributed by atoms with Crippen LogP contribution in [0.1, 0.15) is 18.5 Å². The minimum absolute atomic E-state index is 0.0670. The van der Waals surface area contributed by atoms with Crippen LogP contribution in [0.4, 0.5) is 0 Å². The Hall–Kier alpha value is -1.19. The molecule has 0 aromatic heterocycles. The summed E-state index contributed by atoms with van der Waals surface area (Å²) in [6.45, 7) is 2.19. The lowest BCUT2D eigenvalue weighted by Crippen LogP contribution is -2.21. The Morgan fingerprint density at radius 2 is 2.07 bits per heavy atom. The maximum atomic E-state index is 9.18. The Bertz CT molecular complexity index is 285. The van der Waals surface area contributed by atoms with E-state index in [4.69, 9.17) is 5.73 Å². The van der Waals surface area contributed by atoms with Crippen LogP contribution in [0.25, 0.3) is 0 Å². The van der Waals surface area contributed by atoms with E-state index in [2.05, 4.69) is 4.99 Å². The Morgan fingerprint density at radius 3 is 2.64 bits per heavy atom. The Labute approximate surface area is 84.3 Å². The fourth-order valence-electron chi connectivity index (χ4n) is 1.11. The third kappa shape index (κ3) is 3.28. The summed E-state index contributed by atoms with van der Waals surface area (Å²) < 4.78 is 0. The zero-order chi connectivity index (χ0) is 10.4. The maximum absolute atomic E-state index is 9.18. The van der Waals surface area contributed by atoms with Crippen molar-refractivity contribution >= 4 is 6.21 Å². The van der Waals surface area contributed by atoms with Gasteiger partial charge in [0.25, 0.3) is 0 Å². The topological polar surface area (TPSA) is 58.6 Å². The molecule has 0 saturated carbocycles. The highest BCUT2D eigenvalue weighted by atomic mass is 16.3. The predicted molar refractivity (Wildman–Crippen MR) is 58.4 cm³/mol. The first kappa shape index (κ1) is 10.9. The van der Waals surface area contributed by atoms with Gasteiger partial charge in [0, 0.05) is 12.8 Å². The number of aliphatic imine (C=N–C) groups is 1. The molecule has 0 spiro atoms. The summed E-state index contributed by atoms with van der Waals surface area (Å²) in [5.41, 5.74) is 6.39. The Kier molecular flexibility index (Phi) is 4.29. The van der Waals surface area contributed by atoms with E-state index < -0.39 is 6.10 Å². The van der Waals surface area contributed by atoms with Crippen LogP contribution in [-0.2, 0) is 0 Å². The molecule has 3 heteroatoms. The third-order valence-electron chi connectivity index (χ3n) is 2.01. The average molecular weight is 192 g/mol. The molecule has 0 saturated heterocycles. The van der Waals surface area contributed by atoms with Gasteiger partial charge in [-0.05, 0) is 12.5 Å². The zero-order valence-electron chi connectivity index (χ0n) is 8.30. The van der Waals surface area contributed by atoms with E-state index in [1.807, 2.05) is 37.3 Å². The second-order valence-electron chi connectivity index (χ2n) is 3.19. The van der Waals surface area contributed by atoms with Gasteiger partial charge in [0.05, 0.1) is 6.04 Å². The standard InChI is InChI=1S/C11H16N2O/c1-9(13-8-11(14)7-12)10-5-3-2-4-6-10/h2-6,8-9,11,14H,7,12H2,1H3. The summed E-state index contributed by atoms with van der Waals surface area (Å²) in [7, 11) is 0. The smallest absolute Gasteiger partial charge is 0.101 e. The number of benzene rings is 1. The van der Waals surface area contributed by atoms with Gasteiger partial charge < -0.3 is 10.8 Å². The molecule has 0 heterocycles. The fourth-order valence-corrected chi connectivity index (χ4v) is 1.11. The van der Waals surface area contributed by atoms with E-state index in [0.29, 0.717) is 0 Å². The molecule has 3 N–H and O–H groups in total. The van der Waals surface area contributed by atoms with Crippen molar-refractivity contribution in [3.8, 4) is 0 Å². The molecule has 76 valence electrons. The average Bonchev–Trinajstić information content (AvgIpc) is 2.26. The molecule has 0 fully saturated rings. The molecule has 3 nitrogen and oxygen atoms in total. The summed E-state index contributed by atoms with van der Waals surface area (Å²) in [5.74, 6) is 0. The van der Waals surface area contributed by atoms with Crippen LogP contribution in [0.3, 0.4) is 0 Å². The highest BCUT2D eigenvalue weighted by molar-refractivity contribution is 5.63. The number of hydrogen-bond donors (Lipinski definition) is 2. The van der Waals surface area contributed by atoms with Crippen LogP contribution < -0.4 is 5.73 Å². The van der Waals surface area contributed by atoms with Gasteiger partial charge >= 0.3 is 0 Å². The maximum Gasteiger partial charge on any atom is 0.101 e. The quantitative estimate of drug-likeness (QED) is 0.703. The van der Waals surface area contributed by atoms with Gasteiger partial charge in [-0.2, -0.15) is 0 Å². The van der Waals surface area contributed by atoms with Gasteiger partial charge in [-0.25, -0.2) is 0 Å². The van der Waals surface area contributed by atoms with E-state index in [-0.39, 0.29) is 12.6 Å². The van der Waals surface area contributed by atoms with Crippen molar-refractivity contribution in [2.75, 3.05) is 6.54 Å². The molecular formula is C11H16N2O. The molecule has 2 unspecified atom stereocenters. The number of aliphatic hydroxyl groups excluding tert-OH is 1. The van der Waals surface area contributed by atoms with Gasteiger partial charge in [-0.15, -0.1) is 0 Å². The van der Waals surface area contributed by atoms with E-state index >= 15 is 0 Å². The van der Waals surface area contributed by atoms with Gasteiger partial charge in [0.15, 0.2) is 0 Å². The minimum Gasteiger partial charge on any atom is -0.386 e. The molecule has 0 radical (unpaired) electrons. The molecule has 0 aliphatic heterocycles.